The maximum absolute atomic E-state index is 11.3. The zero-order chi connectivity index (χ0) is 11.6. The molecule has 1 rings (SSSR count). The number of carboxylic acids is 1. The van der Waals surface area contributed by atoms with Crippen molar-refractivity contribution in [1.82, 2.24) is 0 Å². The number of sulfonamides is 1. The Kier molecular flexibility index (Phi) is 3.11. The van der Waals surface area contributed by atoms with Crippen molar-refractivity contribution in [2.45, 2.75) is 18.2 Å². The molecule has 1 aromatic carbocycles. The molecule has 0 fully saturated rings. The van der Waals surface area contributed by atoms with Crippen molar-refractivity contribution in [1.29, 1.82) is 0 Å². The summed E-state index contributed by atoms with van der Waals surface area (Å²) in [6, 6.07) is 4.27. The number of aromatic carboxylic acids is 1. The minimum atomic E-state index is -4.00. The minimum Gasteiger partial charge on any atom is -0.478 e. The fourth-order valence-corrected chi connectivity index (χ4v) is 2.41. The van der Waals surface area contributed by atoms with Gasteiger partial charge in [-0.25, -0.2) is 18.4 Å². The highest BCUT2D eigenvalue weighted by Crippen LogP contribution is 2.20. The molecule has 0 heterocycles. The summed E-state index contributed by atoms with van der Waals surface area (Å²) in [6.07, 6.45) is 0.410. The van der Waals surface area contributed by atoms with Crippen molar-refractivity contribution in [2.75, 3.05) is 0 Å². The number of primary sulfonamides is 1. The van der Waals surface area contributed by atoms with E-state index in [9.17, 15) is 13.2 Å². The molecule has 0 saturated heterocycles. The molecule has 0 aromatic heterocycles. The molecule has 0 aliphatic carbocycles. The van der Waals surface area contributed by atoms with Gasteiger partial charge in [0, 0.05) is 0 Å². The van der Waals surface area contributed by atoms with E-state index in [1.54, 1.807) is 13.0 Å². The first kappa shape index (κ1) is 11.7. The third-order valence-electron chi connectivity index (χ3n) is 1.99. The summed E-state index contributed by atoms with van der Waals surface area (Å²) in [4.78, 5) is 10.5. The monoisotopic (exact) mass is 229 g/mol. The Hall–Kier alpha value is -1.40. The Labute approximate surface area is 87.6 Å². The second-order valence-corrected chi connectivity index (χ2v) is 4.50. The molecule has 0 radical (unpaired) electrons. The number of carboxylic acid groups (broad SMARTS) is 1. The number of rotatable bonds is 3. The fraction of sp³-hybridized carbons (Fsp3) is 0.222. The molecule has 0 unspecified atom stereocenters. The Morgan fingerprint density at radius 2 is 2.07 bits per heavy atom. The summed E-state index contributed by atoms with van der Waals surface area (Å²) in [7, 11) is -4.00. The van der Waals surface area contributed by atoms with Gasteiger partial charge in [-0.05, 0) is 18.1 Å². The zero-order valence-electron chi connectivity index (χ0n) is 8.10. The predicted molar refractivity (Wildman–Crippen MR) is 54.2 cm³/mol. The van der Waals surface area contributed by atoms with Gasteiger partial charge >= 0.3 is 5.97 Å². The van der Waals surface area contributed by atoms with Gasteiger partial charge in [0.05, 0.1) is 10.5 Å². The highest BCUT2D eigenvalue weighted by atomic mass is 32.2. The van der Waals surface area contributed by atoms with Crippen molar-refractivity contribution in [3.8, 4) is 0 Å². The van der Waals surface area contributed by atoms with E-state index in [0.29, 0.717) is 12.0 Å². The van der Waals surface area contributed by atoms with Crippen LogP contribution in [-0.4, -0.2) is 19.5 Å². The third-order valence-corrected chi connectivity index (χ3v) is 3.04. The van der Waals surface area contributed by atoms with Crippen molar-refractivity contribution >= 4 is 16.0 Å². The largest absolute Gasteiger partial charge is 0.478 e. The highest BCUT2D eigenvalue weighted by Gasteiger charge is 2.21. The zero-order valence-corrected chi connectivity index (χ0v) is 8.91. The van der Waals surface area contributed by atoms with Crippen LogP contribution in [-0.2, 0) is 16.4 Å². The van der Waals surface area contributed by atoms with Crippen molar-refractivity contribution < 1.29 is 18.3 Å². The fourth-order valence-electron chi connectivity index (χ4n) is 1.37. The first-order valence-corrected chi connectivity index (χ1v) is 5.80. The molecular formula is C9H11NO4S. The first-order valence-electron chi connectivity index (χ1n) is 4.26. The second-order valence-electron chi connectivity index (χ2n) is 3.00. The van der Waals surface area contributed by atoms with Crippen molar-refractivity contribution in [2.24, 2.45) is 5.14 Å². The summed E-state index contributed by atoms with van der Waals surface area (Å²) in [5.41, 5.74) is 0.134. The van der Waals surface area contributed by atoms with E-state index in [0.717, 1.165) is 0 Å². The van der Waals surface area contributed by atoms with E-state index in [-0.39, 0.29) is 10.5 Å². The molecule has 0 amide bonds. The van der Waals surface area contributed by atoms with Gasteiger partial charge in [0.2, 0.25) is 10.0 Å². The topological polar surface area (TPSA) is 97.5 Å². The lowest BCUT2D eigenvalue weighted by Gasteiger charge is -2.08. The third kappa shape index (κ3) is 2.34. The lowest BCUT2D eigenvalue weighted by molar-refractivity contribution is 0.0692. The number of hydrogen-bond acceptors (Lipinski definition) is 3. The number of carbonyl (C=O) groups is 1. The SMILES string of the molecule is CCc1cccc(C(=O)O)c1S(N)(=O)=O. The highest BCUT2D eigenvalue weighted by molar-refractivity contribution is 7.89. The maximum atomic E-state index is 11.3. The van der Waals surface area contributed by atoms with Gasteiger partial charge in [-0.1, -0.05) is 19.1 Å². The van der Waals surface area contributed by atoms with Gasteiger partial charge in [-0.15, -0.1) is 0 Å². The van der Waals surface area contributed by atoms with E-state index in [4.69, 9.17) is 10.2 Å². The summed E-state index contributed by atoms with van der Waals surface area (Å²) in [6.45, 7) is 1.73. The van der Waals surface area contributed by atoms with Crippen LogP contribution in [0, 0.1) is 0 Å². The van der Waals surface area contributed by atoms with E-state index < -0.39 is 16.0 Å². The van der Waals surface area contributed by atoms with Crippen molar-refractivity contribution in [3.63, 3.8) is 0 Å². The van der Waals surface area contributed by atoms with E-state index in [1.807, 2.05) is 0 Å². The molecule has 15 heavy (non-hydrogen) atoms. The van der Waals surface area contributed by atoms with Crippen LogP contribution >= 0.6 is 0 Å². The average molecular weight is 229 g/mol. The lowest BCUT2D eigenvalue weighted by Crippen LogP contribution is -2.18. The first-order chi connectivity index (χ1) is 6.88. The van der Waals surface area contributed by atoms with E-state index in [2.05, 4.69) is 0 Å². The molecule has 1 aromatic rings. The van der Waals surface area contributed by atoms with Crippen LogP contribution in [0.15, 0.2) is 23.1 Å². The maximum Gasteiger partial charge on any atom is 0.337 e. The van der Waals surface area contributed by atoms with Gasteiger partial charge in [0.25, 0.3) is 0 Å². The van der Waals surface area contributed by atoms with Crippen LogP contribution in [0.2, 0.25) is 0 Å². The molecule has 6 heteroatoms. The molecule has 0 saturated carbocycles. The lowest BCUT2D eigenvalue weighted by atomic mass is 10.1. The summed E-state index contributed by atoms with van der Waals surface area (Å²) in [5, 5.41) is 13.8. The average Bonchev–Trinajstić information content (AvgIpc) is 2.15. The van der Waals surface area contributed by atoms with Crippen LogP contribution in [0.3, 0.4) is 0 Å². The molecule has 0 spiro atoms. The van der Waals surface area contributed by atoms with E-state index in [1.165, 1.54) is 12.1 Å². The second kappa shape index (κ2) is 4.00. The van der Waals surface area contributed by atoms with Crippen LogP contribution in [0.1, 0.15) is 22.8 Å². The van der Waals surface area contributed by atoms with Crippen LogP contribution in [0.5, 0.6) is 0 Å². The van der Waals surface area contributed by atoms with Gasteiger partial charge in [-0.3, -0.25) is 0 Å². The molecule has 0 atom stereocenters. The molecule has 3 N–H and O–H groups in total. The summed E-state index contributed by atoms with van der Waals surface area (Å²) >= 11 is 0. The minimum absolute atomic E-state index is 0.281. The Balaban J connectivity index is 3.63. The Morgan fingerprint density at radius 1 is 1.47 bits per heavy atom. The summed E-state index contributed by atoms with van der Waals surface area (Å²) in [5.74, 6) is -1.30. The number of hydrogen-bond donors (Lipinski definition) is 2. The van der Waals surface area contributed by atoms with Crippen LogP contribution < -0.4 is 5.14 Å². The number of benzene rings is 1. The van der Waals surface area contributed by atoms with Crippen LogP contribution in [0.4, 0.5) is 0 Å². The standard InChI is InChI=1S/C9H11NO4S/c1-2-6-4-3-5-7(9(11)12)8(6)15(10,13)14/h3-5H,2H2,1H3,(H,11,12)(H2,10,13,14). The molecule has 5 nitrogen and oxygen atoms in total. The summed E-state index contributed by atoms with van der Waals surface area (Å²) < 4.78 is 22.5. The Bertz CT molecular complexity index is 493. The molecule has 82 valence electrons. The Morgan fingerprint density at radius 3 is 2.47 bits per heavy atom. The smallest absolute Gasteiger partial charge is 0.337 e. The number of nitrogens with two attached hydrogens (primary N) is 1. The quantitative estimate of drug-likeness (QED) is 0.792. The van der Waals surface area contributed by atoms with E-state index >= 15 is 0 Å². The molecule has 0 bridgehead atoms. The van der Waals surface area contributed by atoms with Gasteiger partial charge in [0.15, 0.2) is 0 Å². The van der Waals surface area contributed by atoms with Crippen LogP contribution in [0.25, 0.3) is 0 Å². The van der Waals surface area contributed by atoms with Gasteiger partial charge < -0.3 is 5.11 Å². The predicted octanol–water partition coefficient (Wildman–Crippen LogP) is 0.595. The molecule has 0 aliphatic heterocycles. The normalized spacial score (nSPS) is 11.3. The molecular weight excluding hydrogens is 218 g/mol. The van der Waals surface area contributed by atoms with Crippen molar-refractivity contribution in [3.05, 3.63) is 29.3 Å². The van der Waals surface area contributed by atoms with Gasteiger partial charge in [-0.2, -0.15) is 0 Å². The number of aryl methyl sites for hydroxylation is 1. The molecule has 0 aliphatic rings. The van der Waals surface area contributed by atoms with Gasteiger partial charge in [0.1, 0.15) is 0 Å².